The van der Waals surface area contributed by atoms with Crippen LogP contribution in [0, 0.1) is 0 Å². The Bertz CT molecular complexity index is 1120. The number of nitrogens with zero attached hydrogens (tertiary/aromatic N) is 1. The van der Waals surface area contributed by atoms with Gasteiger partial charge in [0.05, 0.1) is 11.4 Å². The van der Waals surface area contributed by atoms with Gasteiger partial charge < -0.3 is 0 Å². The third-order valence-corrected chi connectivity index (χ3v) is 5.12. The van der Waals surface area contributed by atoms with E-state index in [1.807, 2.05) is 72.9 Å². The second kappa shape index (κ2) is 10.4. The molecule has 0 fully saturated rings. The Balaban J connectivity index is 1.65. The van der Waals surface area contributed by atoms with Crippen molar-refractivity contribution < 1.29 is 4.84 Å². The van der Waals surface area contributed by atoms with Gasteiger partial charge in [0.15, 0.2) is 0 Å². The Morgan fingerprint density at radius 2 is 1.52 bits per heavy atom. The predicted octanol–water partition coefficient (Wildman–Crippen LogP) is 7.13. The monoisotopic (exact) mass is 406 g/mol. The maximum Gasteiger partial charge on any atom is 0.136 e. The smallest absolute Gasteiger partial charge is 0.136 e. The van der Waals surface area contributed by atoms with Crippen LogP contribution in [0.2, 0.25) is 0 Å². The highest BCUT2D eigenvalue weighted by Gasteiger charge is 2.18. The van der Waals surface area contributed by atoms with Gasteiger partial charge in [0, 0.05) is 6.21 Å². The zero-order valence-electron chi connectivity index (χ0n) is 17.6. The second-order valence-electron chi connectivity index (χ2n) is 7.29. The topological polar surface area (TPSA) is 33.6 Å². The summed E-state index contributed by atoms with van der Waals surface area (Å²) in [7, 11) is 0. The molecule has 0 spiro atoms. The number of anilines is 1. The fourth-order valence-corrected chi connectivity index (χ4v) is 3.44. The average Bonchev–Trinajstić information content (AvgIpc) is 2.85. The van der Waals surface area contributed by atoms with Gasteiger partial charge in [0.1, 0.15) is 6.10 Å². The number of aryl methyl sites for hydroxylation is 1. The molecule has 4 aromatic carbocycles. The minimum Gasteiger partial charge on any atom is -0.266 e. The molecule has 4 rings (SSSR count). The van der Waals surface area contributed by atoms with Crippen LogP contribution < -0.4 is 5.48 Å². The summed E-state index contributed by atoms with van der Waals surface area (Å²) in [6.07, 6.45) is 2.63. The lowest BCUT2D eigenvalue weighted by molar-refractivity contribution is 0.132. The molecule has 0 saturated carbocycles. The summed E-state index contributed by atoms with van der Waals surface area (Å²) in [5.41, 5.74) is 9.39. The van der Waals surface area contributed by atoms with Gasteiger partial charge in [-0.15, -0.1) is 0 Å². The van der Waals surface area contributed by atoms with E-state index >= 15 is 0 Å². The first-order chi connectivity index (χ1) is 15.3. The summed E-state index contributed by atoms with van der Waals surface area (Å²) < 4.78 is 0. The van der Waals surface area contributed by atoms with E-state index in [1.165, 1.54) is 5.56 Å². The summed E-state index contributed by atoms with van der Waals surface area (Å²) >= 11 is 0. The molecule has 0 heterocycles. The van der Waals surface area contributed by atoms with E-state index in [0.717, 1.165) is 34.5 Å². The zero-order chi connectivity index (χ0) is 21.3. The van der Waals surface area contributed by atoms with Gasteiger partial charge in [-0.1, -0.05) is 91.9 Å². The number of nitrogens with one attached hydrogen (secondary N) is 1. The minimum absolute atomic E-state index is 0.286. The second-order valence-corrected chi connectivity index (χ2v) is 7.29. The first-order valence-electron chi connectivity index (χ1n) is 10.6. The van der Waals surface area contributed by atoms with Crippen molar-refractivity contribution in [2.45, 2.75) is 19.4 Å². The van der Waals surface area contributed by atoms with Gasteiger partial charge in [0.2, 0.25) is 0 Å². The predicted molar refractivity (Wildman–Crippen MR) is 129 cm³/mol. The quantitative estimate of drug-likeness (QED) is 0.249. The van der Waals surface area contributed by atoms with Crippen LogP contribution in [-0.4, -0.2) is 6.21 Å². The van der Waals surface area contributed by atoms with Crippen molar-refractivity contribution in [2.24, 2.45) is 4.99 Å². The summed E-state index contributed by atoms with van der Waals surface area (Å²) in [4.78, 5) is 11.0. The van der Waals surface area contributed by atoms with Gasteiger partial charge in [-0.2, -0.15) is 0 Å². The number of para-hydroxylation sites is 1. The van der Waals surface area contributed by atoms with E-state index < -0.39 is 0 Å². The number of hydrogen-bond acceptors (Lipinski definition) is 3. The Morgan fingerprint density at radius 1 is 0.806 bits per heavy atom. The van der Waals surface area contributed by atoms with E-state index in [0.29, 0.717) is 0 Å². The standard InChI is InChI=1S/C28H26N2O/c1-2-22-12-11-18-26(20-22)29-21-24-15-9-10-19-27(24)28(23-13-5-3-6-14-23)31-30-25-16-7-4-8-17-25/h3-21,28,30H,2H2,1H3. The molecule has 0 bridgehead atoms. The highest BCUT2D eigenvalue weighted by Crippen LogP contribution is 2.29. The van der Waals surface area contributed by atoms with Crippen LogP contribution in [-0.2, 0) is 11.3 Å². The van der Waals surface area contributed by atoms with Gasteiger partial charge in [-0.25, -0.2) is 0 Å². The third-order valence-electron chi connectivity index (χ3n) is 5.12. The Hall–Kier alpha value is -3.69. The van der Waals surface area contributed by atoms with Crippen molar-refractivity contribution in [2.75, 3.05) is 5.48 Å². The molecule has 0 saturated heterocycles. The Morgan fingerprint density at radius 3 is 2.29 bits per heavy atom. The molecule has 31 heavy (non-hydrogen) atoms. The van der Waals surface area contributed by atoms with Crippen molar-refractivity contribution >= 4 is 17.6 Å². The van der Waals surface area contributed by atoms with Crippen LogP contribution in [0.25, 0.3) is 0 Å². The molecule has 1 atom stereocenters. The Kier molecular flexibility index (Phi) is 6.89. The SMILES string of the molecule is CCc1cccc(N=Cc2ccccc2C(ONc2ccccc2)c2ccccc2)c1. The molecule has 3 heteroatoms. The van der Waals surface area contributed by atoms with Gasteiger partial charge >= 0.3 is 0 Å². The molecule has 0 aliphatic heterocycles. The fourth-order valence-electron chi connectivity index (χ4n) is 3.44. The van der Waals surface area contributed by atoms with Gasteiger partial charge in [0.25, 0.3) is 0 Å². The van der Waals surface area contributed by atoms with E-state index in [9.17, 15) is 0 Å². The maximum atomic E-state index is 6.22. The largest absolute Gasteiger partial charge is 0.266 e. The zero-order valence-corrected chi connectivity index (χ0v) is 17.6. The van der Waals surface area contributed by atoms with Crippen LogP contribution in [0.15, 0.2) is 114 Å². The number of rotatable bonds is 8. The molecule has 0 aliphatic carbocycles. The van der Waals surface area contributed by atoms with Crippen molar-refractivity contribution in [1.29, 1.82) is 0 Å². The van der Waals surface area contributed by atoms with Crippen LogP contribution in [0.4, 0.5) is 11.4 Å². The number of hydrogen-bond donors (Lipinski definition) is 1. The minimum atomic E-state index is -0.286. The molecular formula is C28H26N2O. The molecule has 0 aromatic heterocycles. The lowest BCUT2D eigenvalue weighted by Gasteiger charge is -2.21. The molecular weight excluding hydrogens is 380 g/mol. The summed E-state index contributed by atoms with van der Waals surface area (Å²) in [6.45, 7) is 2.15. The van der Waals surface area contributed by atoms with Crippen molar-refractivity contribution in [1.82, 2.24) is 0 Å². The highest BCUT2D eigenvalue weighted by atomic mass is 16.7. The molecule has 0 aliphatic rings. The number of benzene rings is 4. The molecule has 0 radical (unpaired) electrons. The molecule has 3 nitrogen and oxygen atoms in total. The van der Waals surface area contributed by atoms with Crippen LogP contribution in [0.1, 0.15) is 35.3 Å². The van der Waals surface area contributed by atoms with Crippen LogP contribution >= 0.6 is 0 Å². The molecule has 0 amide bonds. The summed E-state index contributed by atoms with van der Waals surface area (Å²) in [5.74, 6) is 0. The lowest BCUT2D eigenvalue weighted by Crippen LogP contribution is -2.13. The summed E-state index contributed by atoms with van der Waals surface area (Å²) in [6, 6.07) is 36.7. The first kappa shape index (κ1) is 20.6. The highest BCUT2D eigenvalue weighted by molar-refractivity contribution is 5.84. The fraction of sp³-hybridized carbons (Fsp3) is 0.107. The van der Waals surface area contributed by atoms with Crippen LogP contribution in [0.5, 0.6) is 0 Å². The van der Waals surface area contributed by atoms with Crippen molar-refractivity contribution in [3.8, 4) is 0 Å². The number of aliphatic imine (C=N–C) groups is 1. The van der Waals surface area contributed by atoms with Crippen molar-refractivity contribution in [3.63, 3.8) is 0 Å². The molecule has 1 unspecified atom stereocenters. The van der Waals surface area contributed by atoms with Gasteiger partial charge in [-0.05, 0) is 52.9 Å². The normalized spacial score (nSPS) is 12.0. The third kappa shape index (κ3) is 5.47. The maximum absolute atomic E-state index is 6.22. The van der Waals surface area contributed by atoms with Crippen molar-refractivity contribution in [3.05, 3.63) is 131 Å². The van der Waals surface area contributed by atoms with E-state index in [1.54, 1.807) is 0 Å². The molecule has 154 valence electrons. The lowest BCUT2D eigenvalue weighted by atomic mass is 9.97. The van der Waals surface area contributed by atoms with E-state index in [-0.39, 0.29) is 6.10 Å². The first-order valence-corrected chi connectivity index (χ1v) is 10.6. The summed E-state index contributed by atoms with van der Waals surface area (Å²) in [5, 5.41) is 0. The van der Waals surface area contributed by atoms with Gasteiger partial charge in [-0.3, -0.25) is 15.3 Å². The van der Waals surface area contributed by atoms with Crippen LogP contribution in [0.3, 0.4) is 0 Å². The molecule has 4 aromatic rings. The van der Waals surface area contributed by atoms with E-state index in [2.05, 4.69) is 54.9 Å². The Labute approximate surface area is 184 Å². The van der Waals surface area contributed by atoms with E-state index in [4.69, 9.17) is 9.83 Å². The molecule has 1 N–H and O–H groups in total. The average molecular weight is 407 g/mol.